The second-order valence-electron chi connectivity index (χ2n) is 8.76. The Kier molecular flexibility index (Phi) is 5.17. The number of nitrogens with zero attached hydrogens (tertiary/aromatic N) is 7. The van der Waals surface area contributed by atoms with Gasteiger partial charge in [0.1, 0.15) is 5.52 Å². The molecule has 0 saturated carbocycles. The molecule has 1 unspecified atom stereocenters. The number of fused-ring (bicyclic) bond motifs is 2. The number of piperazine rings is 1. The van der Waals surface area contributed by atoms with E-state index in [4.69, 9.17) is 5.10 Å². The molecule has 4 heterocycles. The maximum absolute atomic E-state index is 12.0. The van der Waals surface area contributed by atoms with Gasteiger partial charge in [-0.15, -0.1) is 0 Å². The van der Waals surface area contributed by atoms with Crippen molar-refractivity contribution in [2.24, 2.45) is 7.05 Å². The van der Waals surface area contributed by atoms with Gasteiger partial charge < -0.3 is 4.57 Å². The van der Waals surface area contributed by atoms with Crippen molar-refractivity contribution in [1.82, 2.24) is 29.3 Å². The molecule has 0 radical (unpaired) electrons. The van der Waals surface area contributed by atoms with Gasteiger partial charge in [-0.1, -0.05) is 13.0 Å². The normalized spacial score (nSPS) is 20.8. The minimum atomic E-state index is -0.0183. The van der Waals surface area contributed by atoms with E-state index in [1.807, 2.05) is 11.0 Å². The Morgan fingerprint density at radius 1 is 1.06 bits per heavy atom. The zero-order valence-electron chi connectivity index (χ0n) is 19.0. The Morgan fingerprint density at radius 3 is 2.59 bits per heavy atom. The summed E-state index contributed by atoms with van der Waals surface area (Å²) in [5.41, 5.74) is 4.79. The second-order valence-corrected chi connectivity index (χ2v) is 8.76. The number of aromatic nitrogens is 5. The maximum Gasteiger partial charge on any atom is 0.250 e. The smallest absolute Gasteiger partial charge is 0.250 e. The van der Waals surface area contributed by atoms with Crippen LogP contribution in [-0.4, -0.2) is 54.5 Å². The van der Waals surface area contributed by atoms with E-state index in [2.05, 4.69) is 58.8 Å². The van der Waals surface area contributed by atoms with Crippen LogP contribution in [0.5, 0.6) is 0 Å². The van der Waals surface area contributed by atoms with E-state index >= 15 is 0 Å². The summed E-state index contributed by atoms with van der Waals surface area (Å²) in [5.74, 6) is 0. The molecule has 3 aromatic heterocycles. The molecule has 0 amide bonds. The van der Waals surface area contributed by atoms with E-state index in [0.717, 1.165) is 41.6 Å². The average molecular weight is 432 g/mol. The molecular weight excluding hydrogens is 402 g/mol. The lowest BCUT2D eigenvalue weighted by Gasteiger charge is -2.48. The summed E-state index contributed by atoms with van der Waals surface area (Å²) in [6.45, 7) is 8.56. The summed E-state index contributed by atoms with van der Waals surface area (Å²) < 4.78 is 1.65. The Bertz CT molecular complexity index is 1330. The summed E-state index contributed by atoms with van der Waals surface area (Å²) in [5, 5.41) is 7.08. The second kappa shape index (κ2) is 8.02. The minimum Gasteiger partial charge on any atom is -0.308 e. The lowest BCUT2D eigenvalue weighted by Crippen LogP contribution is -2.61. The van der Waals surface area contributed by atoms with Gasteiger partial charge in [-0.3, -0.25) is 24.7 Å². The van der Waals surface area contributed by atoms with Gasteiger partial charge in [-0.2, -0.15) is 9.89 Å². The molecule has 1 aromatic carbocycles. The highest BCUT2D eigenvalue weighted by atomic mass is 16.1. The molecule has 166 valence electrons. The molecular formula is C24H29N7O. The quantitative estimate of drug-likeness (QED) is 0.495. The van der Waals surface area contributed by atoms with Gasteiger partial charge in [0.2, 0.25) is 0 Å². The monoisotopic (exact) mass is 431 g/mol. The molecule has 4 aromatic rings. The molecule has 1 aliphatic rings. The number of benzene rings is 1. The summed E-state index contributed by atoms with van der Waals surface area (Å²) in [7, 11) is 1.79. The molecule has 8 heteroatoms. The van der Waals surface area contributed by atoms with E-state index in [1.54, 1.807) is 36.1 Å². The number of pyridine rings is 1. The lowest BCUT2D eigenvalue weighted by atomic mass is 9.99. The van der Waals surface area contributed by atoms with Crippen LogP contribution in [0.4, 0.5) is 0 Å². The van der Waals surface area contributed by atoms with Crippen molar-refractivity contribution in [1.29, 1.82) is 0 Å². The standard InChI is InChI=1S/C24H29N7O/c1-5-19-14-30(31-15-23-21(27-31)8-9-24(32)28(23)4)16(2)13-29(19)17(3)18-6-7-20-22(12-18)26-11-10-25-20/h6-12,15-17,19H,5,13-14H2,1-4H3/t16-,17?,19+/m0/s1. The highest BCUT2D eigenvalue weighted by molar-refractivity contribution is 5.75. The first-order valence-electron chi connectivity index (χ1n) is 11.2. The molecule has 0 bridgehead atoms. The molecule has 8 nitrogen and oxygen atoms in total. The Balaban J connectivity index is 1.42. The van der Waals surface area contributed by atoms with Crippen LogP contribution in [0.1, 0.15) is 38.8 Å². The predicted octanol–water partition coefficient (Wildman–Crippen LogP) is 2.86. The van der Waals surface area contributed by atoms with E-state index in [0.29, 0.717) is 6.04 Å². The van der Waals surface area contributed by atoms with Crippen LogP contribution in [0.3, 0.4) is 0 Å². The van der Waals surface area contributed by atoms with Gasteiger partial charge in [-0.05, 0) is 44.0 Å². The Labute approximate surface area is 187 Å². The minimum absolute atomic E-state index is 0.0183. The van der Waals surface area contributed by atoms with Crippen LogP contribution >= 0.6 is 0 Å². The van der Waals surface area contributed by atoms with Crippen molar-refractivity contribution in [3.05, 3.63) is 64.8 Å². The topological polar surface area (TPSA) is 72.1 Å². The third-order valence-corrected chi connectivity index (χ3v) is 6.84. The third-order valence-electron chi connectivity index (χ3n) is 6.84. The van der Waals surface area contributed by atoms with Gasteiger partial charge >= 0.3 is 0 Å². The van der Waals surface area contributed by atoms with E-state index < -0.39 is 0 Å². The fraction of sp³-hybridized carbons (Fsp3) is 0.417. The van der Waals surface area contributed by atoms with Crippen molar-refractivity contribution >= 4 is 22.1 Å². The molecule has 0 aliphatic carbocycles. The Hall–Kier alpha value is -3.26. The lowest BCUT2D eigenvalue weighted by molar-refractivity contribution is 0.0908. The van der Waals surface area contributed by atoms with Crippen LogP contribution in [0.2, 0.25) is 0 Å². The van der Waals surface area contributed by atoms with Gasteiger partial charge in [0, 0.05) is 44.1 Å². The number of aryl methyl sites for hydroxylation is 1. The fourth-order valence-corrected chi connectivity index (χ4v) is 4.86. The van der Waals surface area contributed by atoms with Crippen LogP contribution in [0, 0.1) is 0 Å². The predicted molar refractivity (Wildman–Crippen MR) is 126 cm³/mol. The molecule has 1 aliphatic heterocycles. The van der Waals surface area contributed by atoms with Crippen LogP contribution in [0.25, 0.3) is 22.1 Å². The molecule has 1 fully saturated rings. The van der Waals surface area contributed by atoms with Crippen molar-refractivity contribution in [3.8, 4) is 0 Å². The molecule has 5 rings (SSSR count). The molecule has 0 spiro atoms. The molecule has 32 heavy (non-hydrogen) atoms. The Morgan fingerprint density at radius 2 is 1.81 bits per heavy atom. The molecule has 0 N–H and O–H groups in total. The number of hydrogen-bond donors (Lipinski definition) is 0. The summed E-state index contributed by atoms with van der Waals surface area (Å²) in [4.78, 5) is 25.4. The van der Waals surface area contributed by atoms with E-state index in [1.165, 1.54) is 5.56 Å². The highest BCUT2D eigenvalue weighted by Crippen LogP contribution is 2.29. The fourth-order valence-electron chi connectivity index (χ4n) is 4.86. The zero-order chi connectivity index (χ0) is 22.4. The largest absolute Gasteiger partial charge is 0.308 e. The van der Waals surface area contributed by atoms with Gasteiger partial charge in [-0.25, -0.2) is 0 Å². The van der Waals surface area contributed by atoms with Crippen molar-refractivity contribution in [2.75, 3.05) is 18.1 Å². The van der Waals surface area contributed by atoms with Gasteiger partial charge in [0.15, 0.2) is 0 Å². The summed E-state index contributed by atoms with van der Waals surface area (Å²) in [6, 6.07) is 10.7. The zero-order valence-corrected chi connectivity index (χ0v) is 19.0. The van der Waals surface area contributed by atoms with Crippen LogP contribution < -0.4 is 10.6 Å². The third kappa shape index (κ3) is 3.44. The van der Waals surface area contributed by atoms with Crippen LogP contribution in [-0.2, 0) is 7.05 Å². The van der Waals surface area contributed by atoms with E-state index in [-0.39, 0.29) is 17.6 Å². The molecule has 3 atom stereocenters. The number of rotatable bonds is 4. The number of hydrogen-bond acceptors (Lipinski definition) is 6. The first kappa shape index (κ1) is 20.6. The molecule has 1 saturated heterocycles. The SMILES string of the molecule is CC[C@@H]1CN(n2cc3c(ccc(=O)n3C)n2)[C@@H](C)CN1C(C)c1ccc2nccnc2c1. The highest BCUT2D eigenvalue weighted by Gasteiger charge is 2.34. The maximum atomic E-state index is 12.0. The first-order valence-corrected chi connectivity index (χ1v) is 11.2. The van der Waals surface area contributed by atoms with Gasteiger partial charge in [0.25, 0.3) is 5.56 Å². The van der Waals surface area contributed by atoms with Crippen molar-refractivity contribution < 1.29 is 0 Å². The van der Waals surface area contributed by atoms with Crippen LogP contribution in [0.15, 0.2) is 53.7 Å². The van der Waals surface area contributed by atoms with E-state index in [9.17, 15) is 4.79 Å². The average Bonchev–Trinajstić information content (AvgIpc) is 3.25. The first-order chi connectivity index (χ1) is 15.5. The van der Waals surface area contributed by atoms with Crippen molar-refractivity contribution in [2.45, 2.75) is 45.3 Å². The van der Waals surface area contributed by atoms with Gasteiger partial charge in [0.05, 0.1) is 35.3 Å². The summed E-state index contributed by atoms with van der Waals surface area (Å²) >= 11 is 0. The summed E-state index contributed by atoms with van der Waals surface area (Å²) in [6.07, 6.45) is 6.49. The van der Waals surface area contributed by atoms with Crippen molar-refractivity contribution in [3.63, 3.8) is 0 Å².